The fraction of sp³-hybridized carbons (Fsp3) is 0.400. The van der Waals surface area contributed by atoms with E-state index in [2.05, 4.69) is 11.3 Å². The number of aliphatic hydroxyl groups excluding tert-OH is 1. The zero-order chi connectivity index (χ0) is 12.3. The zero-order valence-electron chi connectivity index (χ0n) is 8.84. The molecule has 0 aromatic carbocycles. The number of carboxylic acid groups (broad SMARTS) is 1. The van der Waals surface area contributed by atoms with Gasteiger partial charge in [0.15, 0.2) is 0 Å². The Balaban J connectivity index is 0. The van der Waals surface area contributed by atoms with Gasteiger partial charge in [-0.1, -0.05) is 12.7 Å². The number of hydrogen-bond acceptors (Lipinski definition) is 4. The number of allylic oxidation sites excluding steroid dienone is 1. The molecule has 1 unspecified atom stereocenters. The summed E-state index contributed by atoms with van der Waals surface area (Å²) in [7, 11) is 0. The second-order valence-corrected chi connectivity index (χ2v) is 2.52. The standard InChI is InChI=1S/C6H10O3.C4H6O2/c1-3-6(8)9-4-5(2)7;1-2-3-4(5)6/h3,5,7H,1,4H2,2H3;2-3H,1H3,(H,5,6). The van der Waals surface area contributed by atoms with Crippen molar-refractivity contribution >= 4 is 11.9 Å². The van der Waals surface area contributed by atoms with E-state index < -0.39 is 18.0 Å². The fourth-order valence-electron chi connectivity index (χ4n) is 0.404. The minimum Gasteiger partial charge on any atom is -0.478 e. The Morgan fingerprint density at radius 3 is 2.27 bits per heavy atom. The summed E-state index contributed by atoms with van der Waals surface area (Å²) in [6, 6.07) is 0. The van der Waals surface area contributed by atoms with Crippen LogP contribution in [0.25, 0.3) is 0 Å². The lowest BCUT2D eigenvalue weighted by atomic mass is 10.4. The molecular weight excluding hydrogens is 200 g/mol. The van der Waals surface area contributed by atoms with E-state index in [1.807, 2.05) is 0 Å². The molecule has 0 aromatic rings. The highest BCUT2D eigenvalue weighted by molar-refractivity contribution is 5.81. The number of hydrogen-bond donors (Lipinski definition) is 2. The molecule has 0 radical (unpaired) electrons. The van der Waals surface area contributed by atoms with Gasteiger partial charge in [-0.2, -0.15) is 0 Å². The molecule has 0 rings (SSSR count). The van der Waals surface area contributed by atoms with E-state index in [1.54, 1.807) is 6.92 Å². The third-order valence-electron chi connectivity index (χ3n) is 0.943. The van der Waals surface area contributed by atoms with Gasteiger partial charge in [0.2, 0.25) is 0 Å². The summed E-state index contributed by atoms with van der Waals surface area (Å²) in [5.74, 6) is -1.39. The van der Waals surface area contributed by atoms with Crippen LogP contribution in [-0.4, -0.2) is 34.9 Å². The Morgan fingerprint density at radius 1 is 1.53 bits per heavy atom. The molecule has 0 aliphatic carbocycles. The van der Waals surface area contributed by atoms with Gasteiger partial charge in [0.1, 0.15) is 6.61 Å². The smallest absolute Gasteiger partial charge is 0.330 e. The van der Waals surface area contributed by atoms with Crippen LogP contribution in [-0.2, 0) is 14.3 Å². The predicted molar refractivity (Wildman–Crippen MR) is 55.3 cm³/mol. The second kappa shape index (κ2) is 10.5. The van der Waals surface area contributed by atoms with Crippen molar-refractivity contribution in [1.29, 1.82) is 0 Å². The van der Waals surface area contributed by atoms with Crippen LogP contribution in [0.4, 0.5) is 0 Å². The van der Waals surface area contributed by atoms with E-state index in [0.29, 0.717) is 0 Å². The average Bonchev–Trinajstić information content (AvgIpc) is 2.14. The molecule has 0 aliphatic heterocycles. The fourth-order valence-corrected chi connectivity index (χ4v) is 0.404. The average molecular weight is 216 g/mol. The van der Waals surface area contributed by atoms with Crippen LogP contribution < -0.4 is 0 Å². The minimum atomic E-state index is -0.891. The third-order valence-corrected chi connectivity index (χ3v) is 0.943. The summed E-state index contributed by atoms with van der Waals surface area (Å²) in [6.45, 7) is 6.41. The number of aliphatic carboxylic acids is 1. The highest BCUT2D eigenvalue weighted by Crippen LogP contribution is 1.83. The van der Waals surface area contributed by atoms with Gasteiger partial charge in [0, 0.05) is 12.2 Å². The molecule has 5 heteroatoms. The van der Waals surface area contributed by atoms with E-state index in [0.717, 1.165) is 12.2 Å². The summed E-state index contributed by atoms with van der Waals surface area (Å²) >= 11 is 0. The van der Waals surface area contributed by atoms with Crippen LogP contribution in [0.2, 0.25) is 0 Å². The van der Waals surface area contributed by atoms with E-state index in [1.165, 1.54) is 13.0 Å². The quantitative estimate of drug-likeness (QED) is 0.535. The highest BCUT2D eigenvalue weighted by Gasteiger charge is 1.98. The Labute approximate surface area is 88.7 Å². The van der Waals surface area contributed by atoms with Crippen molar-refractivity contribution < 1.29 is 24.5 Å². The Kier molecular flexibility index (Phi) is 11.0. The van der Waals surface area contributed by atoms with Crippen LogP contribution in [0.5, 0.6) is 0 Å². The van der Waals surface area contributed by atoms with Gasteiger partial charge in [-0.3, -0.25) is 0 Å². The lowest BCUT2D eigenvalue weighted by Crippen LogP contribution is -2.13. The molecule has 0 amide bonds. The van der Waals surface area contributed by atoms with Crippen LogP contribution >= 0.6 is 0 Å². The van der Waals surface area contributed by atoms with E-state index in [-0.39, 0.29) is 6.61 Å². The van der Waals surface area contributed by atoms with E-state index in [4.69, 9.17) is 10.2 Å². The monoisotopic (exact) mass is 216 g/mol. The Bertz CT molecular complexity index is 230. The van der Waals surface area contributed by atoms with Crippen molar-refractivity contribution in [2.24, 2.45) is 0 Å². The Hall–Kier alpha value is -1.62. The molecule has 15 heavy (non-hydrogen) atoms. The molecular formula is C10H16O5. The minimum absolute atomic E-state index is 0.0326. The van der Waals surface area contributed by atoms with E-state index in [9.17, 15) is 9.59 Å². The maximum atomic E-state index is 10.3. The van der Waals surface area contributed by atoms with Gasteiger partial charge in [-0.05, 0) is 13.8 Å². The van der Waals surface area contributed by atoms with Crippen LogP contribution in [0.1, 0.15) is 13.8 Å². The predicted octanol–water partition coefficient (Wildman–Crippen LogP) is 0.744. The van der Waals surface area contributed by atoms with Crippen molar-refractivity contribution in [1.82, 2.24) is 0 Å². The van der Waals surface area contributed by atoms with Gasteiger partial charge in [0.25, 0.3) is 0 Å². The maximum Gasteiger partial charge on any atom is 0.330 e. The molecule has 5 nitrogen and oxygen atoms in total. The van der Waals surface area contributed by atoms with Crippen LogP contribution in [0.15, 0.2) is 24.8 Å². The summed E-state index contributed by atoms with van der Waals surface area (Å²) in [5, 5.41) is 16.4. The molecule has 0 spiro atoms. The topological polar surface area (TPSA) is 83.8 Å². The van der Waals surface area contributed by atoms with E-state index >= 15 is 0 Å². The van der Waals surface area contributed by atoms with Gasteiger partial charge in [0.05, 0.1) is 6.10 Å². The van der Waals surface area contributed by atoms with Crippen molar-refractivity contribution in [3.05, 3.63) is 24.8 Å². The number of aliphatic hydroxyl groups is 1. The van der Waals surface area contributed by atoms with Gasteiger partial charge >= 0.3 is 11.9 Å². The van der Waals surface area contributed by atoms with Crippen molar-refractivity contribution in [3.63, 3.8) is 0 Å². The molecule has 0 heterocycles. The van der Waals surface area contributed by atoms with Crippen molar-refractivity contribution in [3.8, 4) is 0 Å². The number of carboxylic acids is 1. The molecule has 2 N–H and O–H groups in total. The molecule has 1 atom stereocenters. The third kappa shape index (κ3) is 19.0. The molecule has 86 valence electrons. The van der Waals surface area contributed by atoms with Crippen LogP contribution in [0, 0.1) is 0 Å². The van der Waals surface area contributed by atoms with Gasteiger partial charge < -0.3 is 14.9 Å². The molecule has 0 aliphatic rings. The molecule has 0 aromatic heterocycles. The normalized spacial score (nSPS) is 11.1. The SMILES string of the molecule is C=CC(=O)OCC(C)O.CC=CC(=O)O. The summed E-state index contributed by atoms with van der Waals surface area (Å²) < 4.78 is 4.45. The van der Waals surface area contributed by atoms with Crippen molar-refractivity contribution in [2.45, 2.75) is 20.0 Å². The van der Waals surface area contributed by atoms with Gasteiger partial charge in [-0.25, -0.2) is 9.59 Å². The summed E-state index contributed by atoms with van der Waals surface area (Å²) in [6.07, 6.45) is 3.01. The number of ether oxygens (including phenoxy) is 1. The first-order valence-corrected chi connectivity index (χ1v) is 4.26. The molecule has 0 fully saturated rings. The first-order valence-electron chi connectivity index (χ1n) is 4.26. The van der Waals surface area contributed by atoms with Gasteiger partial charge in [-0.15, -0.1) is 0 Å². The second-order valence-electron chi connectivity index (χ2n) is 2.52. The summed E-state index contributed by atoms with van der Waals surface area (Å²) in [5.41, 5.74) is 0. The Morgan fingerprint density at radius 2 is 2.07 bits per heavy atom. The first kappa shape index (κ1) is 15.8. The first-order chi connectivity index (χ1) is 6.93. The van der Waals surface area contributed by atoms with Crippen molar-refractivity contribution in [2.75, 3.05) is 6.61 Å². The van der Waals surface area contributed by atoms with Crippen LogP contribution in [0.3, 0.4) is 0 Å². The number of esters is 1. The molecule has 0 saturated heterocycles. The zero-order valence-corrected chi connectivity index (χ0v) is 8.84. The summed E-state index contributed by atoms with van der Waals surface area (Å²) in [4.78, 5) is 19.8. The highest BCUT2D eigenvalue weighted by atomic mass is 16.5. The maximum absolute atomic E-state index is 10.3. The molecule has 0 bridgehead atoms. The number of carbonyl (C=O) groups is 2. The largest absolute Gasteiger partial charge is 0.478 e. The number of rotatable bonds is 4. The number of carbonyl (C=O) groups excluding carboxylic acids is 1. The lowest BCUT2D eigenvalue weighted by molar-refractivity contribution is -0.140. The lowest BCUT2D eigenvalue weighted by Gasteiger charge is -2.02. The molecule has 0 saturated carbocycles.